The highest BCUT2D eigenvalue weighted by atomic mass is 35.5. The highest BCUT2D eigenvalue weighted by Gasteiger charge is 2.44. The predicted molar refractivity (Wildman–Crippen MR) is 195 cm³/mol. The van der Waals surface area contributed by atoms with Crippen LogP contribution < -0.4 is 9.64 Å². The number of rotatable bonds is 6. The van der Waals surface area contributed by atoms with E-state index in [2.05, 4.69) is 43.7 Å². The zero-order valence-electron chi connectivity index (χ0n) is 28.9. The summed E-state index contributed by atoms with van der Waals surface area (Å²) in [6.07, 6.45) is 12.7. The number of aryl methyl sites for hydroxylation is 3. The Morgan fingerprint density at radius 3 is 2.84 bits per heavy atom. The Labute approximate surface area is 299 Å². The van der Waals surface area contributed by atoms with Crippen LogP contribution in [0.25, 0.3) is 0 Å². The van der Waals surface area contributed by atoms with E-state index in [-0.39, 0.29) is 35.2 Å². The van der Waals surface area contributed by atoms with Gasteiger partial charge in [-0.3, -0.25) is 9.59 Å². The van der Waals surface area contributed by atoms with Gasteiger partial charge in [0, 0.05) is 61.8 Å². The SMILES string of the molecule is CO[C@H]1/C=C/CCC[S@@](=O)(CC(=O)CCc2cnn(C)n2)=NC(=O)c2ccc3c(c2)N(C[C@@H]2CC[C@H]21)C[C@@]1(CCCc2cc(Cl)ccc21)CO3. The minimum Gasteiger partial charge on any atom is -0.490 e. The largest absolute Gasteiger partial charge is 0.490 e. The molecular weight excluding hydrogens is 674 g/mol. The minimum absolute atomic E-state index is 0.0273. The van der Waals surface area contributed by atoms with Crippen LogP contribution in [0.1, 0.15) is 72.1 Å². The number of allylic oxidation sites excluding steroid dienone is 1. The first-order chi connectivity index (χ1) is 24.1. The molecule has 0 radical (unpaired) electrons. The van der Waals surface area contributed by atoms with Crippen LogP contribution in [-0.2, 0) is 44.6 Å². The lowest BCUT2D eigenvalue weighted by Gasteiger charge is -2.46. The van der Waals surface area contributed by atoms with Crippen molar-refractivity contribution in [1.29, 1.82) is 0 Å². The summed E-state index contributed by atoms with van der Waals surface area (Å²) in [4.78, 5) is 30.9. The maximum atomic E-state index is 14.3. The second-order valence-corrected chi connectivity index (χ2v) is 17.3. The molecule has 12 heteroatoms. The van der Waals surface area contributed by atoms with Crippen molar-refractivity contribution in [2.24, 2.45) is 23.2 Å². The van der Waals surface area contributed by atoms with E-state index in [0.717, 1.165) is 61.7 Å². The monoisotopic (exact) mass is 719 g/mol. The molecule has 266 valence electrons. The van der Waals surface area contributed by atoms with Gasteiger partial charge in [-0.25, -0.2) is 4.21 Å². The van der Waals surface area contributed by atoms with Crippen molar-refractivity contribution in [2.45, 2.75) is 69.3 Å². The number of halogens is 1. The number of benzene rings is 2. The Bertz CT molecular complexity index is 1920. The summed E-state index contributed by atoms with van der Waals surface area (Å²) in [7, 11) is 0.311. The van der Waals surface area contributed by atoms with Crippen molar-refractivity contribution in [2.75, 3.05) is 43.2 Å². The summed E-state index contributed by atoms with van der Waals surface area (Å²) >= 11 is 6.45. The van der Waals surface area contributed by atoms with Crippen molar-refractivity contribution in [3.8, 4) is 5.75 Å². The minimum atomic E-state index is -3.18. The first kappa shape index (κ1) is 34.9. The van der Waals surface area contributed by atoms with Crippen LogP contribution in [0.3, 0.4) is 0 Å². The van der Waals surface area contributed by atoms with Crippen molar-refractivity contribution in [3.05, 3.63) is 82.2 Å². The van der Waals surface area contributed by atoms with Crippen molar-refractivity contribution < 1.29 is 23.3 Å². The topological polar surface area (TPSA) is 116 Å². The predicted octanol–water partition coefficient (Wildman–Crippen LogP) is 6.14. The second-order valence-electron chi connectivity index (χ2n) is 14.4. The van der Waals surface area contributed by atoms with Crippen LogP contribution in [0.4, 0.5) is 5.69 Å². The van der Waals surface area contributed by atoms with Crippen molar-refractivity contribution in [3.63, 3.8) is 0 Å². The molecule has 3 heterocycles. The molecule has 0 unspecified atom stereocenters. The summed E-state index contributed by atoms with van der Waals surface area (Å²) < 4.78 is 31.3. The molecule has 50 heavy (non-hydrogen) atoms. The maximum absolute atomic E-state index is 14.3. The van der Waals surface area contributed by atoms with Gasteiger partial charge in [-0.1, -0.05) is 29.8 Å². The Morgan fingerprint density at radius 2 is 2.06 bits per heavy atom. The number of fused-ring (bicyclic) bond motifs is 4. The van der Waals surface area contributed by atoms with Gasteiger partial charge < -0.3 is 14.4 Å². The fourth-order valence-corrected chi connectivity index (χ4v) is 10.5. The van der Waals surface area contributed by atoms with Gasteiger partial charge in [0.15, 0.2) is 0 Å². The average molecular weight is 720 g/mol. The molecule has 10 nitrogen and oxygen atoms in total. The molecule has 1 spiro atoms. The van der Waals surface area contributed by atoms with E-state index < -0.39 is 15.6 Å². The molecule has 1 saturated carbocycles. The number of Topliss-reactive ketones (excluding diaryl/α,β-unsaturated/α-hetero) is 1. The smallest absolute Gasteiger partial charge is 0.285 e. The standard InChI is InChI=1S/C38H46ClN5O5S/c1-43-40-21-30(41-43)12-13-31(45)23-50(47)18-5-3-4-8-35(48-2)32-14-9-28(32)22-44-24-38(17-6-7-26-19-29(39)11-15-33(26)38)25-49-36-16-10-27(20-34(36)44)37(46)42-50/h4,8,10-11,15-16,19-21,28,32,35H,3,5-7,9,12-14,17-18,22-25H2,1-2H3/b8-4+/t28-,32+,35-,38-,50+/m0/s1. The molecule has 1 fully saturated rings. The van der Waals surface area contributed by atoms with E-state index in [4.69, 9.17) is 21.1 Å². The van der Waals surface area contributed by atoms with Gasteiger partial charge in [-0.2, -0.15) is 19.4 Å². The number of hydrogen-bond donors (Lipinski definition) is 0. The third kappa shape index (κ3) is 7.41. The Kier molecular flexibility index (Phi) is 10.2. The van der Waals surface area contributed by atoms with Gasteiger partial charge in [-0.15, -0.1) is 0 Å². The molecule has 2 aliphatic carbocycles. The number of aromatic nitrogens is 3. The molecule has 1 amide bonds. The van der Waals surface area contributed by atoms with Gasteiger partial charge in [0.1, 0.15) is 11.5 Å². The number of ether oxygens (including phenoxy) is 2. The highest BCUT2D eigenvalue weighted by Crippen LogP contribution is 2.47. The fourth-order valence-electron chi connectivity index (χ4n) is 8.28. The van der Waals surface area contributed by atoms with Gasteiger partial charge in [-0.05, 0) is 98.2 Å². The normalized spacial score (nSPS) is 28.7. The summed E-state index contributed by atoms with van der Waals surface area (Å²) in [5.41, 5.74) is 4.19. The lowest BCUT2D eigenvalue weighted by Crippen LogP contribution is -2.49. The molecule has 0 saturated heterocycles. The van der Waals surface area contributed by atoms with Crippen LogP contribution in [0.5, 0.6) is 5.75 Å². The third-order valence-electron chi connectivity index (χ3n) is 11.0. The van der Waals surface area contributed by atoms with Crippen LogP contribution in [0, 0.1) is 11.8 Å². The van der Waals surface area contributed by atoms with E-state index in [1.54, 1.807) is 26.4 Å². The number of ketones is 1. The number of anilines is 1. The number of amides is 1. The molecular formula is C38H46ClN5O5S. The summed E-state index contributed by atoms with van der Waals surface area (Å²) in [6, 6.07) is 11.7. The molecule has 0 N–H and O–H groups in total. The zero-order chi connectivity index (χ0) is 34.9. The Balaban J connectivity index is 1.24. The van der Waals surface area contributed by atoms with Crippen molar-refractivity contribution in [1.82, 2.24) is 15.0 Å². The molecule has 3 aromatic rings. The number of carbonyl (C=O) groups excluding carboxylic acids is 2. The Hall–Kier alpha value is -3.54. The summed E-state index contributed by atoms with van der Waals surface area (Å²) in [6.45, 7) is 2.05. The molecule has 1 aromatic heterocycles. The van der Waals surface area contributed by atoms with Crippen LogP contribution in [-0.4, -0.2) is 75.3 Å². The van der Waals surface area contributed by atoms with Crippen LogP contribution in [0.2, 0.25) is 5.02 Å². The van der Waals surface area contributed by atoms with E-state index >= 15 is 0 Å². The lowest BCUT2D eigenvalue weighted by atomic mass is 9.68. The van der Waals surface area contributed by atoms with E-state index in [1.807, 2.05) is 18.2 Å². The first-order valence-electron chi connectivity index (χ1n) is 17.8. The van der Waals surface area contributed by atoms with Gasteiger partial charge in [0.05, 0.1) is 45.8 Å². The fraction of sp³-hybridized carbons (Fsp3) is 0.526. The lowest BCUT2D eigenvalue weighted by molar-refractivity contribution is -0.116. The number of methoxy groups -OCH3 is 1. The zero-order valence-corrected chi connectivity index (χ0v) is 30.5. The molecule has 2 bridgehead atoms. The van der Waals surface area contributed by atoms with E-state index in [1.165, 1.54) is 15.9 Å². The van der Waals surface area contributed by atoms with E-state index in [9.17, 15) is 13.8 Å². The molecule has 2 aromatic carbocycles. The summed E-state index contributed by atoms with van der Waals surface area (Å²) in [5, 5.41) is 9.05. The number of carbonyl (C=O) groups is 2. The van der Waals surface area contributed by atoms with Crippen LogP contribution >= 0.6 is 11.6 Å². The number of nitrogens with zero attached hydrogens (tertiary/aromatic N) is 5. The average Bonchev–Trinajstić information content (AvgIpc) is 3.44. The van der Waals surface area contributed by atoms with Gasteiger partial charge in [0.25, 0.3) is 5.91 Å². The molecule has 4 aliphatic rings. The van der Waals surface area contributed by atoms with E-state index in [0.29, 0.717) is 49.0 Å². The maximum Gasteiger partial charge on any atom is 0.285 e. The number of hydrogen-bond acceptors (Lipinski definition) is 8. The van der Waals surface area contributed by atoms with Crippen molar-refractivity contribution >= 4 is 38.7 Å². The molecule has 5 atom stereocenters. The van der Waals surface area contributed by atoms with Gasteiger partial charge >= 0.3 is 0 Å². The highest BCUT2D eigenvalue weighted by molar-refractivity contribution is 7.94. The van der Waals surface area contributed by atoms with Gasteiger partial charge in [0.2, 0.25) is 0 Å². The second kappa shape index (κ2) is 14.6. The Morgan fingerprint density at radius 1 is 1.18 bits per heavy atom. The van der Waals surface area contributed by atoms with Crippen LogP contribution in [0.15, 0.2) is 59.1 Å². The first-order valence-corrected chi connectivity index (χ1v) is 20.0. The molecule has 7 rings (SSSR count). The molecule has 2 aliphatic heterocycles. The quantitative estimate of drug-likeness (QED) is 0.279. The third-order valence-corrected chi connectivity index (χ3v) is 13.4. The summed E-state index contributed by atoms with van der Waals surface area (Å²) in [5.74, 6) is 0.582.